The largest absolute Gasteiger partial charge is 0.340 e. The highest BCUT2D eigenvalue weighted by Crippen LogP contribution is 2.26. The van der Waals surface area contributed by atoms with E-state index < -0.39 is 0 Å². The van der Waals surface area contributed by atoms with Crippen LogP contribution in [0.5, 0.6) is 0 Å². The Balaban J connectivity index is 2.11. The van der Waals surface area contributed by atoms with E-state index in [4.69, 9.17) is 11.6 Å². The van der Waals surface area contributed by atoms with E-state index in [1.807, 2.05) is 37.3 Å². The molecular formula is C13H10BrClN4. The van der Waals surface area contributed by atoms with E-state index >= 15 is 0 Å². The molecule has 2 aromatic heterocycles. The second-order valence-electron chi connectivity index (χ2n) is 4.11. The Bertz CT molecular complexity index is 736. The summed E-state index contributed by atoms with van der Waals surface area (Å²) >= 11 is 9.56. The molecule has 0 amide bonds. The van der Waals surface area contributed by atoms with Crippen LogP contribution in [0, 0.1) is 6.92 Å². The summed E-state index contributed by atoms with van der Waals surface area (Å²) < 4.78 is 2.77. The maximum Gasteiger partial charge on any atom is 0.159 e. The third-order valence-electron chi connectivity index (χ3n) is 2.82. The van der Waals surface area contributed by atoms with E-state index in [0.29, 0.717) is 5.15 Å². The standard InChI is InChI=1S/C13H10BrClN4/c1-8-12(15)18-11-6-7-16-19(11)13(8)17-10-4-2-9(14)3-5-10/h2-7,17H,1H3. The van der Waals surface area contributed by atoms with Gasteiger partial charge in [0.25, 0.3) is 0 Å². The zero-order valence-electron chi connectivity index (χ0n) is 10.1. The van der Waals surface area contributed by atoms with Crippen LogP contribution in [0.4, 0.5) is 11.5 Å². The molecule has 1 aromatic carbocycles. The molecule has 1 N–H and O–H groups in total. The molecule has 0 unspecified atom stereocenters. The fourth-order valence-electron chi connectivity index (χ4n) is 1.81. The van der Waals surface area contributed by atoms with Crippen LogP contribution in [-0.2, 0) is 0 Å². The zero-order chi connectivity index (χ0) is 13.4. The van der Waals surface area contributed by atoms with Crippen molar-refractivity contribution in [3.05, 3.63) is 51.7 Å². The number of nitrogens with zero attached hydrogens (tertiary/aromatic N) is 3. The van der Waals surface area contributed by atoms with Crippen LogP contribution in [0.25, 0.3) is 5.65 Å². The van der Waals surface area contributed by atoms with Crippen LogP contribution in [0.3, 0.4) is 0 Å². The molecule has 0 aliphatic carbocycles. The number of fused-ring (bicyclic) bond motifs is 1. The minimum absolute atomic E-state index is 0.479. The number of rotatable bonds is 2. The van der Waals surface area contributed by atoms with Crippen molar-refractivity contribution in [3.8, 4) is 0 Å². The molecule has 3 aromatic rings. The van der Waals surface area contributed by atoms with Gasteiger partial charge in [-0.3, -0.25) is 0 Å². The van der Waals surface area contributed by atoms with Gasteiger partial charge in [0.2, 0.25) is 0 Å². The highest BCUT2D eigenvalue weighted by atomic mass is 79.9. The van der Waals surface area contributed by atoms with Gasteiger partial charge in [-0.1, -0.05) is 27.5 Å². The first-order valence-corrected chi connectivity index (χ1v) is 6.84. The summed E-state index contributed by atoms with van der Waals surface area (Å²) in [4.78, 5) is 4.27. The van der Waals surface area contributed by atoms with Crippen LogP contribution < -0.4 is 5.32 Å². The molecule has 0 saturated heterocycles. The topological polar surface area (TPSA) is 42.2 Å². The molecule has 2 heterocycles. The van der Waals surface area contributed by atoms with Gasteiger partial charge in [-0.15, -0.1) is 0 Å². The first-order chi connectivity index (χ1) is 9.15. The van der Waals surface area contributed by atoms with Crippen molar-refractivity contribution in [2.75, 3.05) is 5.32 Å². The lowest BCUT2D eigenvalue weighted by Crippen LogP contribution is -2.04. The summed E-state index contributed by atoms with van der Waals surface area (Å²) in [7, 11) is 0. The molecule has 0 aliphatic rings. The predicted octanol–water partition coefficient (Wildman–Crippen LogP) is 4.20. The molecular weight excluding hydrogens is 328 g/mol. The lowest BCUT2D eigenvalue weighted by atomic mass is 10.3. The van der Waals surface area contributed by atoms with E-state index in [0.717, 1.165) is 27.2 Å². The molecule has 0 saturated carbocycles. The molecule has 19 heavy (non-hydrogen) atoms. The molecule has 4 nitrogen and oxygen atoms in total. The van der Waals surface area contributed by atoms with Gasteiger partial charge in [0, 0.05) is 21.8 Å². The van der Waals surface area contributed by atoms with Crippen LogP contribution >= 0.6 is 27.5 Å². The molecule has 3 rings (SSSR count). The third kappa shape index (κ3) is 2.31. The van der Waals surface area contributed by atoms with Gasteiger partial charge in [0.05, 0.1) is 6.20 Å². The highest BCUT2D eigenvalue weighted by Gasteiger charge is 2.11. The van der Waals surface area contributed by atoms with Gasteiger partial charge in [-0.25, -0.2) is 4.98 Å². The fourth-order valence-corrected chi connectivity index (χ4v) is 2.25. The number of hydrogen-bond acceptors (Lipinski definition) is 3. The van der Waals surface area contributed by atoms with Gasteiger partial charge < -0.3 is 5.32 Å². The van der Waals surface area contributed by atoms with E-state index in [1.165, 1.54) is 0 Å². The maximum atomic E-state index is 6.14. The summed E-state index contributed by atoms with van der Waals surface area (Å²) in [6.07, 6.45) is 1.70. The van der Waals surface area contributed by atoms with Crippen LogP contribution in [0.1, 0.15) is 5.56 Å². The SMILES string of the molecule is Cc1c(Cl)nc2ccnn2c1Nc1ccc(Br)cc1. The second-order valence-corrected chi connectivity index (χ2v) is 5.38. The Kier molecular flexibility index (Phi) is 3.16. The summed E-state index contributed by atoms with van der Waals surface area (Å²) in [5, 5.41) is 8.06. The number of nitrogens with one attached hydrogen (secondary N) is 1. The third-order valence-corrected chi connectivity index (χ3v) is 3.72. The predicted molar refractivity (Wildman–Crippen MR) is 80.2 cm³/mol. The van der Waals surface area contributed by atoms with Gasteiger partial charge in [-0.05, 0) is 31.2 Å². The number of anilines is 2. The average molecular weight is 338 g/mol. The number of benzene rings is 1. The van der Waals surface area contributed by atoms with Crippen LogP contribution in [0.2, 0.25) is 5.15 Å². The molecule has 6 heteroatoms. The van der Waals surface area contributed by atoms with Crippen molar-refractivity contribution in [1.82, 2.24) is 14.6 Å². The van der Waals surface area contributed by atoms with Crippen LogP contribution in [0.15, 0.2) is 41.0 Å². The maximum absolute atomic E-state index is 6.14. The van der Waals surface area contributed by atoms with Gasteiger partial charge in [0.1, 0.15) is 11.0 Å². The average Bonchev–Trinajstić information content (AvgIpc) is 2.85. The Hall–Kier alpha value is -1.59. The quantitative estimate of drug-likeness (QED) is 0.713. The second kappa shape index (κ2) is 4.83. The highest BCUT2D eigenvalue weighted by molar-refractivity contribution is 9.10. The molecule has 0 spiro atoms. The summed E-state index contributed by atoms with van der Waals surface area (Å²) in [6.45, 7) is 1.91. The van der Waals surface area contributed by atoms with Crippen molar-refractivity contribution in [3.63, 3.8) is 0 Å². The lowest BCUT2D eigenvalue weighted by molar-refractivity contribution is 0.937. The smallest absolute Gasteiger partial charge is 0.159 e. The van der Waals surface area contributed by atoms with Crippen molar-refractivity contribution in [2.24, 2.45) is 0 Å². The van der Waals surface area contributed by atoms with Gasteiger partial charge in [0.15, 0.2) is 5.65 Å². The summed E-state index contributed by atoms with van der Waals surface area (Å²) in [5.74, 6) is 0.822. The number of aromatic nitrogens is 3. The Labute approximate surface area is 123 Å². The van der Waals surface area contributed by atoms with E-state index in [1.54, 1.807) is 10.7 Å². The van der Waals surface area contributed by atoms with Crippen molar-refractivity contribution in [1.29, 1.82) is 0 Å². The number of hydrogen-bond donors (Lipinski definition) is 1. The number of halogens is 2. The molecule has 0 radical (unpaired) electrons. The van der Waals surface area contributed by atoms with Gasteiger partial charge >= 0.3 is 0 Å². The Morgan fingerprint density at radius 1 is 1.21 bits per heavy atom. The molecule has 0 fully saturated rings. The first-order valence-electron chi connectivity index (χ1n) is 5.67. The molecule has 0 bridgehead atoms. The molecule has 96 valence electrons. The van der Waals surface area contributed by atoms with E-state index in [2.05, 4.69) is 31.3 Å². The zero-order valence-corrected chi connectivity index (χ0v) is 12.4. The summed E-state index contributed by atoms with van der Waals surface area (Å²) in [5.41, 5.74) is 2.54. The minimum atomic E-state index is 0.479. The Morgan fingerprint density at radius 2 is 1.95 bits per heavy atom. The lowest BCUT2D eigenvalue weighted by Gasteiger charge is -2.12. The molecule has 0 atom stereocenters. The Morgan fingerprint density at radius 3 is 2.68 bits per heavy atom. The normalized spacial score (nSPS) is 10.9. The summed E-state index contributed by atoms with van der Waals surface area (Å²) in [6, 6.07) is 9.72. The van der Waals surface area contributed by atoms with Crippen molar-refractivity contribution < 1.29 is 0 Å². The minimum Gasteiger partial charge on any atom is -0.340 e. The van der Waals surface area contributed by atoms with Gasteiger partial charge in [-0.2, -0.15) is 9.61 Å². The fraction of sp³-hybridized carbons (Fsp3) is 0.0769. The van der Waals surface area contributed by atoms with Crippen LogP contribution in [-0.4, -0.2) is 14.6 Å². The monoisotopic (exact) mass is 336 g/mol. The van der Waals surface area contributed by atoms with E-state index in [-0.39, 0.29) is 0 Å². The van der Waals surface area contributed by atoms with E-state index in [9.17, 15) is 0 Å². The van der Waals surface area contributed by atoms with Crippen molar-refractivity contribution in [2.45, 2.75) is 6.92 Å². The first kappa shape index (κ1) is 12.4. The van der Waals surface area contributed by atoms with Crippen molar-refractivity contribution >= 4 is 44.7 Å². The molecule has 0 aliphatic heterocycles.